The van der Waals surface area contributed by atoms with Gasteiger partial charge in [0, 0.05) is 24.3 Å². The van der Waals surface area contributed by atoms with Crippen LogP contribution in [0.5, 0.6) is 0 Å². The molecule has 0 aliphatic rings. The summed E-state index contributed by atoms with van der Waals surface area (Å²) in [5.74, 6) is 0.479. The van der Waals surface area contributed by atoms with Gasteiger partial charge in [-0.1, -0.05) is 6.92 Å². The van der Waals surface area contributed by atoms with Crippen LogP contribution in [0.25, 0.3) is 0 Å². The van der Waals surface area contributed by atoms with E-state index in [1.54, 1.807) is 49.1 Å². The Labute approximate surface area is 176 Å². The Balaban J connectivity index is 1.83. The summed E-state index contributed by atoms with van der Waals surface area (Å²) in [5.41, 5.74) is 2.85. The molecule has 2 aromatic heterocycles. The molecule has 0 saturated carbocycles. The Bertz CT molecular complexity index is 1130. The van der Waals surface area contributed by atoms with E-state index in [2.05, 4.69) is 15.1 Å². The first kappa shape index (κ1) is 21.8. The van der Waals surface area contributed by atoms with E-state index in [1.807, 2.05) is 19.9 Å². The molecule has 1 atom stereocenters. The molecule has 0 bridgehead atoms. The van der Waals surface area contributed by atoms with Crippen molar-refractivity contribution in [3.05, 3.63) is 65.4 Å². The Morgan fingerprint density at radius 1 is 1.20 bits per heavy atom. The summed E-state index contributed by atoms with van der Waals surface area (Å²) in [6, 6.07) is 9.79. The number of nitrogens with zero attached hydrogens (tertiary/aromatic N) is 2. The number of hydrogen-bond acceptors (Lipinski definition) is 5. The average Bonchev–Trinajstić information content (AvgIpc) is 3.32. The first-order valence-electron chi connectivity index (χ1n) is 9.67. The van der Waals surface area contributed by atoms with Gasteiger partial charge in [-0.15, -0.1) is 0 Å². The molecule has 0 radical (unpaired) electrons. The molecular weight excluding hydrogens is 404 g/mol. The first-order valence-corrected chi connectivity index (χ1v) is 11.2. The van der Waals surface area contributed by atoms with Gasteiger partial charge in [-0.3, -0.25) is 9.48 Å². The van der Waals surface area contributed by atoms with Crippen LogP contribution in [0.3, 0.4) is 0 Å². The quantitative estimate of drug-likeness (QED) is 0.570. The van der Waals surface area contributed by atoms with Crippen LogP contribution in [0, 0.1) is 20.8 Å². The summed E-state index contributed by atoms with van der Waals surface area (Å²) >= 11 is 0. The van der Waals surface area contributed by atoms with Gasteiger partial charge in [-0.25, -0.2) is 13.1 Å². The van der Waals surface area contributed by atoms with Crippen LogP contribution in [0.1, 0.15) is 42.1 Å². The van der Waals surface area contributed by atoms with E-state index in [0.717, 1.165) is 11.4 Å². The van der Waals surface area contributed by atoms with E-state index in [-0.39, 0.29) is 17.3 Å². The maximum absolute atomic E-state index is 13.0. The van der Waals surface area contributed by atoms with Crippen LogP contribution in [-0.2, 0) is 14.8 Å². The van der Waals surface area contributed by atoms with Crippen molar-refractivity contribution in [3.63, 3.8) is 0 Å². The van der Waals surface area contributed by atoms with Gasteiger partial charge in [0.05, 0.1) is 16.9 Å². The number of aryl methyl sites for hydroxylation is 3. The Hall–Kier alpha value is -2.91. The molecule has 2 N–H and O–H groups in total. The lowest BCUT2D eigenvalue weighted by Crippen LogP contribution is -2.32. The molecule has 0 saturated heterocycles. The van der Waals surface area contributed by atoms with Gasteiger partial charge < -0.3 is 9.73 Å². The molecule has 160 valence electrons. The van der Waals surface area contributed by atoms with Crippen LogP contribution >= 0.6 is 0 Å². The second kappa shape index (κ2) is 8.85. The number of sulfonamides is 1. The second-order valence-corrected chi connectivity index (χ2v) is 8.87. The molecule has 1 aromatic carbocycles. The van der Waals surface area contributed by atoms with Crippen molar-refractivity contribution in [2.75, 3.05) is 11.9 Å². The van der Waals surface area contributed by atoms with Gasteiger partial charge >= 0.3 is 0 Å². The number of carbonyl (C=O) groups is 1. The molecule has 0 fully saturated rings. The standard InChI is InChI=1S/C21H26N4O4S/c1-5-21(26)23-17-8-9-20(14(2)11-17)30(27,28)22-13-18(19-7-6-10-29-19)25-16(4)12-15(3)24-25/h6-12,18,22H,5,13H2,1-4H3,(H,23,26). The predicted octanol–water partition coefficient (Wildman–Crippen LogP) is 3.32. The zero-order valence-electron chi connectivity index (χ0n) is 17.5. The molecule has 0 aliphatic carbocycles. The predicted molar refractivity (Wildman–Crippen MR) is 114 cm³/mol. The van der Waals surface area contributed by atoms with E-state index < -0.39 is 16.1 Å². The van der Waals surface area contributed by atoms with Crippen molar-refractivity contribution in [1.82, 2.24) is 14.5 Å². The highest BCUT2D eigenvalue weighted by Crippen LogP contribution is 2.23. The minimum Gasteiger partial charge on any atom is -0.467 e. The molecule has 30 heavy (non-hydrogen) atoms. The lowest BCUT2D eigenvalue weighted by atomic mass is 10.2. The van der Waals surface area contributed by atoms with Crippen LogP contribution in [-0.4, -0.2) is 30.7 Å². The monoisotopic (exact) mass is 430 g/mol. The number of carbonyl (C=O) groups excluding carboxylic acids is 1. The molecule has 1 unspecified atom stereocenters. The van der Waals surface area contributed by atoms with Gasteiger partial charge in [0.2, 0.25) is 15.9 Å². The molecule has 0 spiro atoms. The smallest absolute Gasteiger partial charge is 0.240 e. The Kier molecular flexibility index (Phi) is 6.42. The largest absolute Gasteiger partial charge is 0.467 e. The number of benzene rings is 1. The summed E-state index contributed by atoms with van der Waals surface area (Å²) in [6.07, 6.45) is 1.90. The number of hydrogen-bond donors (Lipinski definition) is 2. The third-order valence-electron chi connectivity index (χ3n) is 4.75. The zero-order valence-corrected chi connectivity index (χ0v) is 18.3. The number of rotatable bonds is 8. The summed E-state index contributed by atoms with van der Waals surface area (Å²) in [6.45, 7) is 7.32. The summed E-state index contributed by atoms with van der Waals surface area (Å²) in [4.78, 5) is 11.7. The van der Waals surface area contributed by atoms with E-state index in [1.165, 1.54) is 6.07 Å². The average molecular weight is 431 g/mol. The molecule has 8 nitrogen and oxygen atoms in total. The van der Waals surface area contributed by atoms with Crippen LogP contribution in [0.4, 0.5) is 5.69 Å². The molecule has 3 rings (SSSR count). The van der Waals surface area contributed by atoms with Gasteiger partial charge in [0.15, 0.2) is 0 Å². The van der Waals surface area contributed by atoms with Gasteiger partial charge in [0.1, 0.15) is 11.8 Å². The minimum absolute atomic E-state index is 0.0750. The van der Waals surface area contributed by atoms with E-state index >= 15 is 0 Å². The molecule has 9 heteroatoms. The Morgan fingerprint density at radius 3 is 2.53 bits per heavy atom. The van der Waals surface area contributed by atoms with E-state index in [4.69, 9.17) is 4.42 Å². The van der Waals surface area contributed by atoms with Gasteiger partial charge in [-0.2, -0.15) is 5.10 Å². The molecule has 0 aliphatic heterocycles. The lowest BCUT2D eigenvalue weighted by Gasteiger charge is -2.19. The van der Waals surface area contributed by atoms with Gasteiger partial charge in [-0.05, 0) is 62.7 Å². The fraction of sp³-hybridized carbons (Fsp3) is 0.333. The lowest BCUT2D eigenvalue weighted by molar-refractivity contribution is -0.115. The highest BCUT2D eigenvalue weighted by molar-refractivity contribution is 7.89. The molecule has 3 aromatic rings. The zero-order chi connectivity index (χ0) is 21.9. The fourth-order valence-electron chi connectivity index (χ4n) is 3.29. The highest BCUT2D eigenvalue weighted by atomic mass is 32.2. The summed E-state index contributed by atoms with van der Waals surface area (Å²) < 4.78 is 35.9. The number of amides is 1. The molecule has 1 amide bonds. The topological polar surface area (TPSA) is 106 Å². The van der Waals surface area contributed by atoms with Crippen molar-refractivity contribution in [3.8, 4) is 0 Å². The van der Waals surface area contributed by atoms with Gasteiger partial charge in [0.25, 0.3) is 0 Å². The van der Waals surface area contributed by atoms with E-state index in [9.17, 15) is 13.2 Å². The van der Waals surface area contributed by atoms with Crippen LogP contribution < -0.4 is 10.0 Å². The highest BCUT2D eigenvalue weighted by Gasteiger charge is 2.24. The maximum Gasteiger partial charge on any atom is 0.240 e. The first-order chi connectivity index (χ1) is 14.2. The second-order valence-electron chi connectivity index (χ2n) is 7.14. The molecular formula is C21H26N4O4S. The van der Waals surface area contributed by atoms with Crippen molar-refractivity contribution in [1.29, 1.82) is 0 Å². The minimum atomic E-state index is -3.79. The maximum atomic E-state index is 13.0. The number of nitrogens with one attached hydrogen (secondary N) is 2. The van der Waals surface area contributed by atoms with Crippen molar-refractivity contribution < 1.29 is 17.6 Å². The third-order valence-corrected chi connectivity index (χ3v) is 6.33. The number of aromatic nitrogens is 2. The fourth-order valence-corrected chi connectivity index (χ4v) is 4.56. The molecule has 2 heterocycles. The number of furan rings is 1. The van der Waals surface area contributed by atoms with E-state index in [0.29, 0.717) is 23.4 Å². The third kappa shape index (κ3) is 4.80. The van der Waals surface area contributed by atoms with Crippen LogP contribution in [0.15, 0.2) is 52.0 Å². The number of anilines is 1. The van der Waals surface area contributed by atoms with Crippen molar-refractivity contribution >= 4 is 21.6 Å². The normalized spacial score (nSPS) is 12.7. The summed E-state index contributed by atoms with van der Waals surface area (Å²) in [7, 11) is -3.79. The van der Waals surface area contributed by atoms with Crippen molar-refractivity contribution in [2.45, 2.75) is 45.1 Å². The summed E-state index contributed by atoms with van der Waals surface area (Å²) in [5, 5.41) is 7.22. The SMILES string of the molecule is CCC(=O)Nc1ccc(S(=O)(=O)NCC(c2ccco2)n2nc(C)cc2C)c(C)c1. The van der Waals surface area contributed by atoms with Crippen LogP contribution in [0.2, 0.25) is 0 Å². The van der Waals surface area contributed by atoms with Crippen molar-refractivity contribution in [2.24, 2.45) is 0 Å². The Morgan fingerprint density at radius 2 is 1.97 bits per heavy atom.